The number of aromatic nitrogens is 5. The van der Waals surface area contributed by atoms with E-state index in [0.29, 0.717) is 30.4 Å². The summed E-state index contributed by atoms with van der Waals surface area (Å²) in [5, 5.41) is 17.9. The summed E-state index contributed by atoms with van der Waals surface area (Å²) in [7, 11) is 0. The maximum Gasteiger partial charge on any atom is 0.248 e. The number of fused-ring (bicyclic) bond motifs is 1. The van der Waals surface area contributed by atoms with Crippen LogP contribution in [0.25, 0.3) is 22.3 Å². The van der Waals surface area contributed by atoms with Crippen molar-refractivity contribution in [3.05, 3.63) is 42.7 Å². The number of hydrogen-bond acceptors (Lipinski definition) is 7. The molecule has 0 bridgehead atoms. The van der Waals surface area contributed by atoms with E-state index in [9.17, 15) is 4.79 Å². The first-order valence-corrected chi connectivity index (χ1v) is 10.8. The summed E-state index contributed by atoms with van der Waals surface area (Å²) in [5.41, 5.74) is 9.75. The zero-order valence-corrected chi connectivity index (χ0v) is 18.3. The number of amides is 1. The zero-order chi connectivity index (χ0) is 22.7. The lowest BCUT2D eigenvalue weighted by molar-refractivity contribution is -0.138. The first kappa shape index (κ1) is 21.7. The van der Waals surface area contributed by atoms with Crippen molar-refractivity contribution in [3.8, 4) is 11.3 Å². The average Bonchev–Trinajstić information content (AvgIpc) is 3.45. The SMILES string of the molecule is CCC(CC)n1cc(-c2nc(C(C=NC3CN(C(=O)CO)C3)=CN)cn3nccc23)cn1. The Morgan fingerprint density at radius 1 is 1.31 bits per heavy atom. The van der Waals surface area contributed by atoms with Crippen LogP contribution in [0.3, 0.4) is 0 Å². The fourth-order valence-corrected chi connectivity index (χ4v) is 3.83. The van der Waals surface area contributed by atoms with Gasteiger partial charge in [-0.3, -0.25) is 14.5 Å². The summed E-state index contributed by atoms with van der Waals surface area (Å²) in [6, 6.07) is 2.24. The molecule has 4 rings (SSSR count). The minimum Gasteiger partial charge on any atom is -0.404 e. The van der Waals surface area contributed by atoms with Crippen molar-refractivity contribution in [1.82, 2.24) is 29.3 Å². The maximum atomic E-state index is 11.5. The second kappa shape index (κ2) is 9.31. The molecule has 3 N–H and O–H groups in total. The molecular weight excluding hydrogens is 408 g/mol. The molecule has 3 aromatic rings. The minimum atomic E-state index is -0.477. The van der Waals surface area contributed by atoms with E-state index in [0.717, 1.165) is 29.6 Å². The van der Waals surface area contributed by atoms with Gasteiger partial charge < -0.3 is 15.7 Å². The number of hydrogen-bond donors (Lipinski definition) is 2. The number of aliphatic hydroxyl groups is 1. The highest BCUT2D eigenvalue weighted by molar-refractivity contribution is 6.09. The molecule has 1 aliphatic heterocycles. The molecule has 1 saturated heterocycles. The fourth-order valence-electron chi connectivity index (χ4n) is 3.83. The van der Waals surface area contributed by atoms with Crippen LogP contribution in [0.5, 0.6) is 0 Å². The molecule has 0 saturated carbocycles. The third-order valence-corrected chi connectivity index (χ3v) is 5.83. The zero-order valence-electron chi connectivity index (χ0n) is 18.3. The van der Waals surface area contributed by atoms with Crippen LogP contribution < -0.4 is 5.73 Å². The van der Waals surface area contributed by atoms with E-state index in [1.807, 2.05) is 29.3 Å². The quantitative estimate of drug-likeness (QED) is 0.516. The number of aliphatic imine (C=N–C) groups is 1. The van der Waals surface area contributed by atoms with Gasteiger partial charge in [0.05, 0.1) is 47.6 Å². The van der Waals surface area contributed by atoms with Crippen molar-refractivity contribution in [3.63, 3.8) is 0 Å². The summed E-state index contributed by atoms with van der Waals surface area (Å²) in [6.45, 7) is 4.80. The molecule has 0 aliphatic carbocycles. The number of nitrogens with zero attached hydrogens (tertiary/aromatic N) is 7. The predicted octanol–water partition coefficient (Wildman–Crippen LogP) is 1.53. The summed E-state index contributed by atoms with van der Waals surface area (Å²) < 4.78 is 3.77. The Bertz CT molecular complexity index is 1150. The van der Waals surface area contributed by atoms with E-state index >= 15 is 0 Å². The Morgan fingerprint density at radius 3 is 2.78 bits per heavy atom. The first-order valence-electron chi connectivity index (χ1n) is 10.8. The first-order chi connectivity index (χ1) is 15.6. The van der Waals surface area contributed by atoms with Crippen LogP contribution >= 0.6 is 0 Å². The molecule has 32 heavy (non-hydrogen) atoms. The molecule has 1 amide bonds. The van der Waals surface area contributed by atoms with E-state index < -0.39 is 6.61 Å². The molecule has 0 radical (unpaired) electrons. The van der Waals surface area contributed by atoms with Crippen molar-refractivity contribution < 1.29 is 9.90 Å². The second-order valence-corrected chi connectivity index (χ2v) is 7.83. The van der Waals surface area contributed by atoms with Gasteiger partial charge in [-0.15, -0.1) is 0 Å². The smallest absolute Gasteiger partial charge is 0.248 e. The van der Waals surface area contributed by atoms with Crippen LogP contribution in [0, 0.1) is 0 Å². The molecule has 0 spiro atoms. The van der Waals surface area contributed by atoms with Gasteiger partial charge in [0, 0.05) is 42.8 Å². The van der Waals surface area contributed by atoms with E-state index in [1.165, 1.54) is 6.20 Å². The van der Waals surface area contributed by atoms with Crippen LogP contribution in [-0.4, -0.2) is 72.2 Å². The van der Waals surface area contributed by atoms with Crippen molar-refractivity contribution >= 4 is 23.2 Å². The Labute approximate surface area is 186 Å². The number of carbonyl (C=O) groups excluding carboxylic acids is 1. The van der Waals surface area contributed by atoms with Gasteiger partial charge in [-0.05, 0) is 18.9 Å². The maximum absolute atomic E-state index is 11.5. The summed E-state index contributed by atoms with van der Waals surface area (Å²) in [6.07, 6.45) is 12.6. The molecule has 1 fully saturated rings. The number of aliphatic hydroxyl groups excluding tert-OH is 1. The number of carbonyl (C=O) groups is 1. The molecule has 168 valence electrons. The van der Waals surface area contributed by atoms with Gasteiger partial charge >= 0.3 is 0 Å². The minimum absolute atomic E-state index is 0.0217. The van der Waals surface area contributed by atoms with E-state index in [4.69, 9.17) is 15.8 Å². The van der Waals surface area contributed by atoms with Crippen LogP contribution in [0.2, 0.25) is 0 Å². The predicted molar refractivity (Wildman–Crippen MR) is 122 cm³/mol. The lowest BCUT2D eigenvalue weighted by Crippen LogP contribution is -2.53. The molecule has 0 atom stereocenters. The van der Waals surface area contributed by atoms with Crippen molar-refractivity contribution in [2.24, 2.45) is 10.7 Å². The number of allylic oxidation sites excluding steroid dienone is 1. The molecule has 0 unspecified atom stereocenters. The summed E-state index contributed by atoms with van der Waals surface area (Å²) in [5.74, 6) is -0.282. The number of likely N-dealkylation sites (tertiary alicyclic amines) is 1. The van der Waals surface area contributed by atoms with Crippen LogP contribution in [0.1, 0.15) is 38.4 Å². The molecule has 1 aliphatic rings. The Kier molecular flexibility index (Phi) is 6.31. The normalized spacial score (nSPS) is 15.2. The van der Waals surface area contributed by atoms with Gasteiger partial charge in [0.15, 0.2) is 0 Å². The molecule has 0 aromatic carbocycles. The van der Waals surface area contributed by atoms with Gasteiger partial charge in [0.25, 0.3) is 0 Å². The summed E-state index contributed by atoms with van der Waals surface area (Å²) >= 11 is 0. The molecule has 10 heteroatoms. The van der Waals surface area contributed by atoms with Gasteiger partial charge in [0.2, 0.25) is 5.91 Å². The van der Waals surface area contributed by atoms with Gasteiger partial charge in [-0.2, -0.15) is 10.2 Å². The van der Waals surface area contributed by atoms with E-state index in [1.54, 1.807) is 21.8 Å². The van der Waals surface area contributed by atoms with Crippen LogP contribution in [-0.2, 0) is 4.79 Å². The lowest BCUT2D eigenvalue weighted by Gasteiger charge is -2.36. The largest absolute Gasteiger partial charge is 0.404 e. The van der Waals surface area contributed by atoms with E-state index in [-0.39, 0.29) is 11.9 Å². The number of rotatable bonds is 8. The number of nitrogens with two attached hydrogens (primary N) is 1. The monoisotopic (exact) mass is 436 g/mol. The lowest BCUT2D eigenvalue weighted by atomic mass is 10.1. The average molecular weight is 437 g/mol. The van der Waals surface area contributed by atoms with Gasteiger partial charge in [-0.1, -0.05) is 13.8 Å². The highest BCUT2D eigenvalue weighted by Crippen LogP contribution is 2.26. The Hall–Kier alpha value is -3.53. The standard InChI is InChI=1S/C22H28N8O2/c1-3-18(4-2)29-10-16(9-26-29)22-20-5-6-25-30(20)13-19(27-22)15(7-23)8-24-17-11-28(12-17)21(32)14-31/h5-10,13,17-18,31H,3-4,11-12,14,23H2,1-2H3. The van der Waals surface area contributed by atoms with Crippen LogP contribution in [0.15, 0.2) is 42.0 Å². The Balaban J connectivity index is 1.61. The van der Waals surface area contributed by atoms with Gasteiger partial charge in [-0.25, -0.2) is 9.50 Å². The topological polar surface area (TPSA) is 127 Å². The second-order valence-electron chi connectivity index (χ2n) is 7.83. The summed E-state index contributed by atoms with van der Waals surface area (Å²) in [4.78, 5) is 22.4. The Morgan fingerprint density at radius 2 is 2.09 bits per heavy atom. The third kappa shape index (κ3) is 4.13. The van der Waals surface area contributed by atoms with Crippen LogP contribution in [0.4, 0.5) is 0 Å². The molecule has 4 heterocycles. The fraction of sp³-hybridized carbons (Fsp3) is 0.409. The molecular formula is C22H28N8O2. The highest BCUT2D eigenvalue weighted by atomic mass is 16.3. The van der Waals surface area contributed by atoms with Crippen molar-refractivity contribution in [2.45, 2.75) is 38.8 Å². The van der Waals surface area contributed by atoms with Gasteiger partial charge in [0.1, 0.15) is 6.61 Å². The third-order valence-electron chi connectivity index (χ3n) is 5.83. The van der Waals surface area contributed by atoms with E-state index in [2.05, 4.69) is 29.0 Å². The molecule has 3 aromatic heterocycles. The molecule has 10 nitrogen and oxygen atoms in total. The highest BCUT2D eigenvalue weighted by Gasteiger charge is 2.29. The van der Waals surface area contributed by atoms with Crippen molar-refractivity contribution in [1.29, 1.82) is 0 Å². The van der Waals surface area contributed by atoms with Crippen molar-refractivity contribution in [2.75, 3.05) is 19.7 Å².